The molecule has 2 N–H and O–H groups in total. The lowest BCUT2D eigenvalue weighted by molar-refractivity contribution is -0.126. The molecule has 1 aromatic carbocycles. The monoisotopic (exact) mass is 341 g/mol. The van der Waals surface area contributed by atoms with E-state index in [9.17, 15) is 4.79 Å². The number of ether oxygens (including phenoxy) is 1. The number of benzene rings is 1. The minimum atomic E-state index is -0.440. The van der Waals surface area contributed by atoms with Gasteiger partial charge in [0.15, 0.2) is 0 Å². The number of rotatable bonds is 6. The molecule has 2 heterocycles. The van der Waals surface area contributed by atoms with Crippen LogP contribution < -0.4 is 5.32 Å². The predicted octanol–water partition coefficient (Wildman–Crippen LogP) is 4.05. The van der Waals surface area contributed by atoms with E-state index in [0.717, 1.165) is 27.4 Å². The van der Waals surface area contributed by atoms with Crippen molar-refractivity contribution in [3.05, 3.63) is 35.7 Å². The van der Waals surface area contributed by atoms with Crippen LogP contribution in [-0.4, -0.2) is 28.6 Å². The third-order valence-corrected chi connectivity index (χ3v) is 5.03. The lowest BCUT2D eigenvalue weighted by Gasteiger charge is -2.13. The van der Waals surface area contributed by atoms with Crippen molar-refractivity contribution >= 4 is 34.0 Å². The fourth-order valence-corrected chi connectivity index (χ4v) is 3.17. The van der Waals surface area contributed by atoms with Crippen LogP contribution in [-0.2, 0) is 9.53 Å². The van der Waals surface area contributed by atoms with E-state index >= 15 is 0 Å². The standard InChI is InChI=1S/C18H19N3O2S/c1-11(23-10-12-4-5-12)18(22)19-13-6-7-14-15(9-13)21-17(20-14)16-3-2-8-24-16/h2-3,6-9,11-12H,4-5,10H2,1H3,(H,19,22)(H,20,21). The largest absolute Gasteiger partial charge is 0.368 e. The number of aromatic nitrogens is 2. The summed E-state index contributed by atoms with van der Waals surface area (Å²) >= 11 is 1.64. The maximum atomic E-state index is 12.2. The number of nitrogens with zero attached hydrogens (tertiary/aromatic N) is 1. The third kappa shape index (κ3) is 3.34. The van der Waals surface area contributed by atoms with Crippen LogP contribution in [0.1, 0.15) is 19.8 Å². The molecular weight excluding hydrogens is 322 g/mol. The molecule has 1 amide bonds. The van der Waals surface area contributed by atoms with Crippen molar-refractivity contribution in [3.8, 4) is 10.7 Å². The first-order valence-electron chi connectivity index (χ1n) is 8.15. The first kappa shape index (κ1) is 15.4. The number of carbonyl (C=O) groups is 1. The molecule has 0 saturated heterocycles. The van der Waals surface area contributed by atoms with Crippen molar-refractivity contribution < 1.29 is 9.53 Å². The highest BCUT2D eigenvalue weighted by atomic mass is 32.1. The van der Waals surface area contributed by atoms with E-state index in [0.29, 0.717) is 12.5 Å². The van der Waals surface area contributed by atoms with E-state index in [1.54, 1.807) is 18.3 Å². The van der Waals surface area contributed by atoms with Gasteiger partial charge in [0.1, 0.15) is 11.9 Å². The molecule has 0 bridgehead atoms. The topological polar surface area (TPSA) is 67.0 Å². The summed E-state index contributed by atoms with van der Waals surface area (Å²) in [6.45, 7) is 2.47. The van der Waals surface area contributed by atoms with Crippen molar-refractivity contribution in [2.24, 2.45) is 5.92 Å². The molecule has 3 aromatic rings. The fourth-order valence-electron chi connectivity index (χ4n) is 2.50. The molecule has 24 heavy (non-hydrogen) atoms. The molecule has 0 spiro atoms. The summed E-state index contributed by atoms with van der Waals surface area (Å²) in [7, 11) is 0. The summed E-state index contributed by atoms with van der Waals surface area (Å²) in [6, 6.07) is 9.72. The molecule has 0 radical (unpaired) electrons. The Morgan fingerprint density at radius 1 is 1.46 bits per heavy atom. The van der Waals surface area contributed by atoms with Crippen LogP contribution in [0.3, 0.4) is 0 Å². The first-order chi connectivity index (χ1) is 11.7. The van der Waals surface area contributed by atoms with Gasteiger partial charge in [-0.1, -0.05) is 6.07 Å². The van der Waals surface area contributed by atoms with Crippen LogP contribution in [0, 0.1) is 5.92 Å². The minimum absolute atomic E-state index is 0.118. The van der Waals surface area contributed by atoms with E-state index < -0.39 is 6.10 Å². The average molecular weight is 341 g/mol. The number of hydrogen-bond donors (Lipinski definition) is 2. The van der Waals surface area contributed by atoms with Crippen LogP contribution in [0.5, 0.6) is 0 Å². The van der Waals surface area contributed by atoms with Crippen molar-refractivity contribution in [1.29, 1.82) is 0 Å². The third-order valence-electron chi connectivity index (χ3n) is 4.15. The summed E-state index contributed by atoms with van der Waals surface area (Å²) in [5, 5.41) is 4.94. The number of aromatic amines is 1. The zero-order valence-electron chi connectivity index (χ0n) is 13.4. The van der Waals surface area contributed by atoms with E-state index in [1.807, 2.05) is 35.7 Å². The van der Waals surface area contributed by atoms with Crippen molar-refractivity contribution in [3.63, 3.8) is 0 Å². The van der Waals surface area contributed by atoms with E-state index in [-0.39, 0.29) is 5.91 Å². The highest BCUT2D eigenvalue weighted by molar-refractivity contribution is 7.13. The van der Waals surface area contributed by atoms with E-state index in [1.165, 1.54) is 12.8 Å². The molecular formula is C18H19N3O2S. The van der Waals surface area contributed by atoms with Gasteiger partial charge in [0.05, 0.1) is 22.5 Å². The molecule has 4 rings (SSSR count). The Hall–Kier alpha value is -2.18. The Morgan fingerprint density at radius 2 is 2.33 bits per heavy atom. The maximum Gasteiger partial charge on any atom is 0.253 e. The highest BCUT2D eigenvalue weighted by Gasteiger charge is 2.24. The number of carbonyl (C=O) groups excluding carboxylic acids is 1. The van der Waals surface area contributed by atoms with Gasteiger partial charge in [-0.25, -0.2) is 4.98 Å². The van der Waals surface area contributed by atoms with Gasteiger partial charge < -0.3 is 15.0 Å². The molecule has 1 saturated carbocycles. The molecule has 6 heteroatoms. The van der Waals surface area contributed by atoms with Crippen LogP contribution in [0.2, 0.25) is 0 Å². The molecule has 5 nitrogen and oxygen atoms in total. The summed E-state index contributed by atoms with van der Waals surface area (Å²) in [5.41, 5.74) is 2.54. The molecule has 1 unspecified atom stereocenters. The lowest BCUT2D eigenvalue weighted by Crippen LogP contribution is -2.28. The Morgan fingerprint density at radius 3 is 3.08 bits per heavy atom. The molecule has 1 aliphatic carbocycles. The van der Waals surface area contributed by atoms with Crippen molar-refractivity contribution in [1.82, 2.24) is 9.97 Å². The van der Waals surface area contributed by atoms with Crippen LogP contribution in [0.15, 0.2) is 35.7 Å². The number of imidazole rings is 1. The van der Waals surface area contributed by atoms with Gasteiger partial charge in [-0.15, -0.1) is 11.3 Å². The number of H-pyrrole nitrogens is 1. The SMILES string of the molecule is CC(OCC1CC1)C(=O)Nc1ccc2nc(-c3cccs3)[nH]c2c1. The number of nitrogens with one attached hydrogen (secondary N) is 2. The van der Waals surface area contributed by atoms with E-state index in [4.69, 9.17) is 4.74 Å². The average Bonchev–Trinajstić information content (AvgIpc) is 3.08. The number of anilines is 1. The zero-order valence-corrected chi connectivity index (χ0v) is 14.2. The number of hydrogen-bond acceptors (Lipinski definition) is 4. The van der Waals surface area contributed by atoms with Gasteiger partial charge in [-0.05, 0) is 55.3 Å². The predicted molar refractivity (Wildman–Crippen MR) is 96.2 cm³/mol. The highest BCUT2D eigenvalue weighted by Crippen LogP contribution is 2.29. The molecule has 124 valence electrons. The fraction of sp³-hybridized carbons (Fsp3) is 0.333. The molecule has 1 atom stereocenters. The molecule has 1 aliphatic rings. The normalized spacial score (nSPS) is 15.5. The van der Waals surface area contributed by atoms with Gasteiger partial charge in [0.25, 0.3) is 5.91 Å². The van der Waals surface area contributed by atoms with Crippen LogP contribution >= 0.6 is 11.3 Å². The Kier molecular flexibility index (Phi) is 4.08. The molecule has 0 aliphatic heterocycles. The van der Waals surface area contributed by atoms with Gasteiger partial charge in [0.2, 0.25) is 0 Å². The lowest BCUT2D eigenvalue weighted by atomic mass is 10.2. The van der Waals surface area contributed by atoms with Gasteiger partial charge in [-0.3, -0.25) is 4.79 Å². The maximum absolute atomic E-state index is 12.2. The van der Waals surface area contributed by atoms with Gasteiger partial charge in [0, 0.05) is 5.69 Å². The Labute approximate surface area is 144 Å². The summed E-state index contributed by atoms with van der Waals surface area (Å²) in [6.07, 6.45) is 2.00. The smallest absolute Gasteiger partial charge is 0.253 e. The van der Waals surface area contributed by atoms with E-state index in [2.05, 4.69) is 15.3 Å². The Balaban J connectivity index is 1.46. The Bertz CT molecular complexity index is 852. The number of fused-ring (bicyclic) bond motifs is 1. The van der Waals surface area contributed by atoms with Crippen LogP contribution in [0.4, 0.5) is 5.69 Å². The number of thiophene rings is 1. The quantitative estimate of drug-likeness (QED) is 0.711. The number of amides is 1. The second-order valence-corrected chi connectivity index (χ2v) is 7.15. The summed E-state index contributed by atoms with van der Waals surface area (Å²) < 4.78 is 5.61. The molecule has 1 fully saturated rings. The second-order valence-electron chi connectivity index (χ2n) is 6.20. The van der Waals surface area contributed by atoms with Crippen LogP contribution in [0.25, 0.3) is 21.7 Å². The second kappa shape index (κ2) is 6.37. The minimum Gasteiger partial charge on any atom is -0.368 e. The van der Waals surface area contributed by atoms with Gasteiger partial charge >= 0.3 is 0 Å². The first-order valence-corrected chi connectivity index (χ1v) is 9.03. The summed E-state index contributed by atoms with van der Waals surface area (Å²) in [4.78, 5) is 21.2. The zero-order chi connectivity index (χ0) is 16.5. The van der Waals surface area contributed by atoms with Crippen molar-refractivity contribution in [2.45, 2.75) is 25.9 Å². The van der Waals surface area contributed by atoms with Crippen molar-refractivity contribution in [2.75, 3.05) is 11.9 Å². The van der Waals surface area contributed by atoms with Gasteiger partial charge in [-0.2, -0.15) is 0 Å². The summed E-state index contributed by atoms with van der Waals surface area (Å²) in [5.74, 6) is 1.38. The molecule has 2 aromatic heterocycles.